The van der Waals surface area contributed by atoms with E-state index < -0.39 is 0 Å². The summed E-state index contributed by atoms with van der Waals surface area (Å²) in [6, 6.07) is 11.3. The topological polar surface area (TPSA) is 41.4 Å². The van der Waals surface area contributed by atoms with E-state index in [-0.39, 0.29) is 18.1 Å². The average Bonchev–Trinajstić information content (AvgIpc) is 3.47. The first-order valence-corrected chi connectivity index (χ1v) is 11.9. The van der Waals surface area contributed by atoms with Crippen LogP contribution in [0.3, 0.4) is 0 Å². The molecule has 2 saturated heterocycles. The first kappa shape index (κ1) is 20.4. The molecule has 0 saturated carbocycles. The van der Waals surface area contributed by atoms with Crippen molar-refractivity contribution in [2.75, 3.05) is 19.6 Å². The second kappa shape index (κ2) is 8.93. The molecule has 0 spiro atoms. The van der Waals surface area contributed by atoms with E-state index in [0.717, 1.165) is 50.6 Å². The Morgan fingerprint density at radius 1 is 1.16 bits per heavy atom. The monoisotopic (exact) mass is 438 g/mol. The van der Waals surface area contributed by atoms with E-state index in [2.05, 4.69) is 32.8 Å². The van der Waals surface area contributed by atoms with Crippen LogP contribution in [0.5, 0.6) is 0 Å². The number of fused-ring (bicyclic) bond motifs is 1. The van der Waals surface area contributed by atoms with Gasteiger partial charge in [0.25, 0.3) is 0 Å². The first-order chi connectivity index (χ1) is 15.2. The summed E-state index contributed by atoms with van der Waals surface area (Å²) in [7, 11) is 0. The molecule has 0 N–H and O–H groups in total. The highest BCUT2D eigenvalue weighted by Crippen LogP contribution is 2.32. The summed E-state index contributed by atoms with van der Waals surface area (Å²) in [4.78, 5) is 21.8. The Kier molecular flexibility index (Phi) is 5.87. The zero-order chi connectivity index (χ0) is 21.2. The van der Waals surface area contributed by atoms with Gasteiger partial charge in [-0.3, -0.25) is 14.3 Å². The summed E-state index contributed by atoms with van der Waals surface area (Å²) in [5.41, 5.74) is 1.75. The number of carbonyl (C=O) groups excluding carboxylic acids is 1. The van der Waals surface area contributed by atoms with E-state index >= 15 is 0 Å². The van der Waals surface area contributed by atoms with Crippen molar-refractivity contribution in [3.8, 4) is 5.13 Å². The van der Waals surface area contributed by atoms with Crippen molar-refractivity contribution >= 4 is 17.2 Å². The standard InChI is InChI=1S/C24H27FN4OS/c25-21-8-2-1-5-18(21)15-23(30)28-13-9-22-19(16-28)6-3-11-27(22)17-20-7-4-12-29(20)24-26-10-14-31-24/h1-2,4-5,7-8,10,12,14,19,22H,3,6,9,11,13,15-17H2/t19-,22+/m1/s1. The predicted octanol–water partition coefficient (Wildman–Crippen LogP) is 4.13. The van der Waals surface area contributed by atoms with Gasteiger partial charge in [-0.25, -0.2) is 9.37 Å². The molecule has 7 heteroatoms. The van der Waals surface area contributed by atoms with Crippen LogP contribution >= 0.6 is 11.3 Å². The minimum atomic E-state index is -0.294. The van der Waals surface area contributed by atoms with Gasteiger partial charge in [0.15, 0.2) is 5.13 Å². The fraction of sp³-hybridized carbons (Fsp3) is 0.417. The van der Waals surface area contributed by atoms with Gasteiger partial charge in [0.2, 0.25) is 5.91 Å². The lowest BCUT2D eigenvalue weighted by Crippen LogP contribution is -2.55. The number of nitrogens with zero attached hydrogens (tertiary/aromatic N) is 4. The fourth-order valence-corrected chi connectivity index (χ4v) is 5.78. The maximum absolute atomic E-state index is 14.0. The van der Waals surface area contributed by atoms with Crippen LogP contribution in [0.25, 0.3) is 5.13 Å². The Labute approximate surface area is 186 Å². The number of benzene rings is 1. The largest absolute Gasteiger partial charge is 0.342 e. The Morgan fingerprint density at radius 3 is 2.90 bits per heavy atom. The summed E-state index contributed by atoms with van der Waals surface area (Å²) < 4.78 is 16.2. The van der Waals surface area contributed by atoms with E-state index in [1.54, 1.807) is 29.5 Å². The molecule has 31 heavy (non-hydrogen) atoms. The molecular weight excluding hydrogens is 411 g/mol. The zero-order valence-electron chi connectivity index (χ0n) is 17.5. The molecular formula is C24H27FN4OS. The number of piperidine rings is 2. The number of likely N-dealkylation sites (tertiary alicyclic amines) is 2. The molecule has 2 aliphatic rings. The Bertz CT molecular complexity index is 1030. The summed E-state index contributed by atoms with van der Waals surface area (Å²) >= 11 is 1.65. The van der Waals surface area contributed by atoms with Gasteiger partial charge < -0.3 is 4.90 Å². The van der Waals surface area contributed by atoms with Crippen LogP contribution < -0.4 is 0 Å². The van der Waals surface area contributed by atoms with Crippen LogP contribution in [-0.2, 0) is 17.8 Å². The highest BCUT2D eigenvalue weighted by Gasteiger charge is 2.37. The maximum atomic E-state index is 14.0. The molecule has 0 aliphatic carbocycles. The number of carbonyl (C=O) groups is 1. The van der Waals surface area contributed by atoms with Crippen molar-refractivity contribution in [3.05, 3.63) is 71.2 Å². The van der Waals surface area contributed by atoms with Gasteiger partial charge in [-0.15, -0.1) is 11.3 Å². The molecule has 2 atom stereocenters. The number of hydrogen-bond acceptors (Lipinski definition) is 4. The van der Waals surface area contributed by atoms with Crippen molar-refractivity contribution in [2.45, 2.75) is 38.3 Å². The van der Waals surface area contributed by atoms with Gasteiger partial charge in [-0.05, 0) is 55.5 Å². The molecule has 5 rings (SSSR count). The molecule has 4 heterocycles. The van der Waals surface area contributed by atoms with Crippen LogP contribution in [0.1, 0.15) is 30.5 Å². The first-order valence-electron chi connectivity index (χ1n) is 11.0. The molecule has 5 nitrogen and oxygen atoms in total. The van der Waals surface area contributed by atoms with Crippen LogP contribution in [0.2, 0.25) is 0 Å². The lowest BCUT2D eigenvalue weighted by Gasteiger charge is -2.47. The fourth-order valence-electron chi connectivity index (χ4n) is 5.12. The molecule has 162 valence electrons. The summed E-state index contributed by atoms with van der Waals surface area (Å²) in [5.74, 6) is 0.228. The summed E-state index contributed by atoms with van der Waals surface area (Å²) in [6.45, 7) is 3.52. The van der Waals surface area contributed by atoms with Crippen LogP contribution in [0, 0.1) is 11.7 Å². The number of rotatable bonds is 5. The Balaban J connectivity index is 1.24. The van der Waals surface area contributed by atoms with E-state index in [1.165, 1.54) is 11.8 Å². The highest BCUT2D eigenvalue weighted by atomic mass is 32.1. The van der Waals surface area contributed by atoms with Crippen molar-refractivity contribution in [2.24, 2.45) is 5.92 Å². The molecule has 2 aliphatic heterocycles. The smallest absolute Gasteiger partial charge is 0.227 e. The van der Waals surface area contributed by atoms with Crippen LogP contribution in [0.15, 0.2) is 54.2 Å². The molecule has 1 amide bonds. The van der Waals surface area contributed by atoms with Crippen LogP contribution in [0.4, 0.5) is 4.39 Å². The third-order valence-corrected chi connectivity index (χ3v) is 7.43. The second-order valence-electron chi connectivity index (χ2n) is 8.52. The Hall–Kier alpha value is -2.51. The van der Waals surface area contributed by atoms with Gasteiger partial charge in [-0.1, -0.05) is 18.2 Å². The number of aromatic nitrogens is 2. The third-order valence-electron chi connectivity index (χ3n) is 6.66. The average molecular weight is 439 g/mol. The molecule has 3 aromatic rings. The number of amides is 1. The number of hydrogen-bond donors (Lipinski definition) is 0. The highest BCUT2D eigenvalue weighted by molar-refractivity contribution is 7.12. The van der Waals surface area contributed by atoms with E-state index in [9.17, 15) is 9.18 Å². The summed E-state index contributed by atoms with van der Waals surface area (Å²) in [6.07, 6.45) is 7.35. The van der Waals surface area contributed by atoms with Gasteiger partial charge >= 0.3 is 0 Å². The van der Waals surface area contributed by atoms with Crippen molar-refractivity contribution < 1.29 is 9.18 Å². The van der Waals surface area contributed by atoms with Gasteiger partial charge in [0, 0.05) is 49.1 Å². The van der Waals surface area contributed by atoms with E-state index in [1.807, 2.05) is 16.5 Å². The molecule has 0 bridgehead atoms. The van der Waals surface area contributed by atoms with Gasteiger partial charge in [0.1, 0.15) is 5.82 Å². The van der Waals surface area contributed by atoms with Crippen molar-refractivity contribution in [3.63, 3.8) is 0 Å². The van der Waals surface area contributed by atoms with Gasteiger partial charge in [-0.2, -0.15) is 0 Å². The lowest BCUT2D eigenvalue weighted by molar-refractivity contribution is -0.134. The molecule has 1 aromatic carbocycles. The minimum absolute atomic E-state index is 0.0401. The molecule has 2 aromatic heterocycles. The third kappa shape index (κ3) is 4.29. The molecule has 0 radical (unpaired) electrons. The predicted molar refractivity (Wildman–Crippen MR) is 120 cm³/mol. The second-order valence-corrected chi connectivity index (χ2v) is 9.39. The van der Waals surface area contributed by atoms with E-state index in [4.69, 9.17) is 0 Å². The zero-order valence-corrected chi connectivity index (χ0v) is 18.3. The summed E-state index contributed by atoms with van der Waals surface area (Å²) in [5, 5.41) is 3.01. The Morgan fingerprint density at radius 2 is 2.06 bits per heavy atom. The number of halogens is 1. The lowest BCUT2D eigenvalue weighted by atomic mass is 9.83. The van der Waals surface area contributed by atoms with Gasteiger partial charge in [0.05, 0.1) is 6.42 Å². The minimum Gasteiger partial charge on any atom is -0.342 e. The molecule has 2 fully saturated rings. The SMILES string of the molecule is O=C(Cc1ccccc1F)N1CC[C@H]2[C@H](CCCN2Cc2cccn2-c2nccs2)C1. The van der Waals surface area contributed by atoms with E-state index in [0.29, 0.717) is 17.5 Å². The quantitative estimate of drug-likeness (QED) is 0.602. The van der Waals surface area contributed by atoms with Crippen LogP contribution in [-0.4, -0.2) is 50.9 Å². The maximum Gasteiger partial charge on any atom is 0.227 e. The van der Waals surface area contributed by atoms with Crippen molar-refractivity contribution in [1.82, 2.24) is 19.4 Å². The van der Waals surface area contributed by atoms with Crippen molar-refractivity contribution in [1.29, 1.82) is 0 Å². The molecule has 0 unspecified atom stereocenters. The number of thiazole rings is 1. The normalized spacial score (nSPS) is 21.8.